The van der Waals surface area contributed by atoms with Crippen molar-refractivity contribution in [3.63, 3.8) is 0 Å². The summed E-state index contributed by atoms with van der Waals surface area (Å²) in [5, 5.41) is 3.63. The van der Waals surface area contributed by atoms with Gasteiger partial charge in [-0.25, -0.2) is 9.97 Å². The number of rotatable bonds is 4. The lowest BCUT2D eigenvalue weighted by Crippen LogP contribution is -2.22. The molecule has 0 spiro atoms. The van der Waals surface area contributed by atoms with Gasteiger partial charge >= 0.3 is 0 Å². The number of anilines is 1. The summed E-state index contributed by atoms with van der Waals surface area (Å²) >= 11 is 14.7. The lowest BCUT2D eigenvalue weighted by Gasteiger charge is -2.09. The van der Waals surface area contributed by atoms with Crippen LogP contribution in [-0.2, 0) is 4.79 Å². The third-order valence-corrected chi connectivity index (χ3v) is 5.64. The molecule has 4 nitrogen and oxygen atoms in total. The van der Waals surface area contributed by atoms with E-state index >= 15 is 0 Å². The van der Waals surface area contributed by atoms with E-state index in [9.17, 15) is 4.79 Å². The van der Waals surface area contributed by atoms with Crippen LogP contribution in [0.2, 0.25) is 10.0 Å². The smallest absolute Gasteiger partial charge is 0.238 e. The summed E-state index contributed by atoms with van der Waals surface area (Å²) in [5.74, 6) is 0.338. The monoisotopic (exact) mass is 383 g/mol. The highest BCUT2D eigenvalue weighted by molar-refractivity contribution is 8.02. The minimum atomic E-state index is -0.302. The fourth-order valence-electron chi connectivity index (χ4n) is 1.81. The number of benzene rings is 1. The fraction of sp³-hybridized carbons (Fsp3) is 0.133. The maximum absolute atomic E-state index is 12.2. The zero-order valence-corrected chi connectivity index (χ0v) is 15.1. The third kappa shape index (κ3) is 4.14. The van der Waals surface area contributed by atoms with Crippen molar-refractivity contribution in [3.05, 3.63) is 46.6 Å². The minimum Gasteiger partial charge on any atom is -0.310 e. The highest BCUT2D eigenvalue weighted by Crippen LogP contribution is 2.33. The molecule has 0 aliphatic heterocycles. The van der Waals surface area contributed by atoms with Gasteiger partial charge in [0.15, 0.2) is 4.34 Å². The van der Waals surface area contributed by atoms with Crippen LogP contribution >= 0.6 is 46.3 Å². The molecule has 0 unspecified atom stereocenters. The predicted octanol–water partition coefficient (Wildman–Crippen LogP) is 5.12. The number of carbonyl (C=O) groups excluding carboxylic acids is 1. The number of amides is 1. The van der Waals surface area contributed by atoms with Crippen LogP contribution in [0.3, 0.4) is 0 Å². The Balaban J connectivity index is 1.68. The highest BCUT2D eigenvalue weighted by Gasteiger charge is 2.17. The first-order valence-corrected chi connectivity index (χ1v) is 9.11. The van der Waals surface area contributed by atoms with Crippen LogP contribution in [0.15, 0.2) is 40.9 Å². The highest BCUT2D eigenvalue weighted by atomic mass is 35.5. The van der Waals surface area contributed by atoms with Gasteiger partial charge < -0.3 is 5.32 Å². The average Bonchev–Trinajstić information content (AvgIpc) is 2.90. The molecule has 0 saturated carbocycles. The van der Waals surface area contributed by atoms with Crippen LogP contribution in [-0.4, -0.2) is 21.1 Å². The van der Waals surface area contributed by atoms with Gasteiger partial charge in [-0.05, 0) is 37.3 Å². The zero-order chi connectivity index (χ0) is 16.4. The normalized spacial score (nSPS) is 12.3. The molecular weight excluding hydrogens is 373 g/mol. The number of nitrogens with one attached hydrogen (secondary N) is 1. The lowest BCUT2D eigenvalue weighted by atomic mass is 10.3. The van der Waals surface area contributed by atoms with Crippen molar-refractivity contribution in [2.75, 3.05) is 5.32 Å². The first-order chi connectivity index (χ1) is 11.0. The van der Waals surface area contributed by atoms with Gasteiger partial charge in [0, 0.05) is 11.2 Å². The number of hydrogen-bond acceptors (Lipinski definition) is 5. The van der Waals surface area contributed by atoms with E-state index in [-0.39, 0.29) is 11.2 Å². The van der Waals surface area contributed by atoms with Crippen LogP contribution in [0, 0.1) is 0 Å². The quantitative estimate of drug-likeness (QED) is 0.635. The summed E-state index contributed by atoms with van der Waals surface area (Å²) in [7, 11) is 0. The first kappa shape index (κ1) is 16.5. The Morgan fingerprint density at radius 1 is 1.26 bits per heavy atom. The third-order valence-electron chi connectivity index (χ3n) is 2.96. The Bertz CT molecular complexity index is 852. The van der Waals surface area contributed by atoms with Gasteiger partial charge in [0.25, 0.3) is 0 Å². The SMILES string of the molecule is C[C@H](Sc1nc2cc(Cl)ccc2s1)C(=O)Nc1ccc(Cl)cn1. The second-order valence-electron chi connectivity index (χ2n) is 4.70. The van der Waals surface area contributed by atoms with E-state index in [4.69, 9.17) is 23.2 Å². The van der Waals surface area contributed by atoms with Crippen LogP contribution in [0.5, 0.6) is 0 Å². The minimum absolute atomic E-state index is 0.137. The van der Waals surface area contributed by atoms with E-state index in [2.05, 4.69) is 15.3 Å². The Labute approximate surface area is 151 Å². The van der Waals surface area contributed by atoms with E-state index in [1.54, 1.807) is 23.5 Å². The molecular formula is C15H11Cl2N3OS2. The van der Waals surface area contributed by atoms with Crippen LogP contribution in [0.1, 0.15) is 6.92 Å². The van der Waals surface area contributed by atoms with E-state index in [0.29, 0.717) is 15.9 Å². The van der Waals surface area contributed by atoms with Crippen LogP contribution in [0.25, 0.3) is 10.2 Å². The molecule has 2 heterocycles. The number of thiazole rings is 1. The standard InChI is InChI=1S/C15H11Cl2N3OS2/c1-8(14(21)20-13-5-3-10(17)7-18-13)22-15-19-11-6-9(16)2-4-12(11)23-15/h2-8H,1H3,(H,18,20,21)/t8-/m0/s1. The second-order valence-corrected chi connectivity index (χ2v) is 8.19. The van der Waals surface area contributed by atoms with E-state index < -0.39 is 0 Å². The molecule has 1 atom stereocenters. The number of hydrogen-bond donors (Lipinski definition) is 1. The molecule has 0 fully saturated rings. The molecule has 3 aromatic rings. The number of aromatic nitrogens is 2. The molecule has 2 aromatic heterocycles. The van der Waals surface area contributed by atoms with Crippen LogP contribution < -0.4 is 5.32 Å². The zero-order valence-electron chi connectivity index (χ0n) is 11.9. The molecule has 1 amide bonds. The van der Waals surface area contributed by atoms with Gasteiger partial charge in [0.2, 0.25) is 5.91 Å². The predicted molar refractivity (Wildman–Crippen MR) is 97.8 cm³/mol. The number of thioether (sulfide) groups is 1. The average molecular weight is 384 g/mol. The molecule has 1 aromatic carbocycles. The molecule has 0 aliphatic carbocycles. The molecule has 1 N–H and O–H groups in total. The van der Waals surface area contributed by atoms with Crippen molar-refractivity contribution in [2.45, 2.75) is 16.5 Å². The lowest BCUT2D eigenvalue weighted by molar-refractivity contribution is -0.115. The summed E-state index contributed by atoms with van der Waals surface area (Å²) in [4.78, 5) is 20.8. The largest absolute Gasteiger partial charge is 0.310 e. The van der Waals surface area contributed by atoms with Crippen molar-refractivity contribution in [1.82, 2.24) is 9.97 Å². The van der Waals surface area contributed by atoms with E-state index in [1.165, 1.54) is 18.0 Å². The summed E-state index contributed by atoms with van der Waals surface area (Å²) in [6, 6.07) is 8.93. The number of carbonyl (C=O) groups is 1. The molecule has 8 heteroatoms. The summed E-state index contributed by atoms with van der Waals surface area (Å²) in [6.45, 7) is 1.83. The van der Waals surface area contributed by atoms with Gasteiger partial charge in [0.1, 0.15) is 5.82 Å². The number of halogens is 2. The second kappa shape index (κ2) is 7.05. The summed E-state index contributed by atoms with van der Waals surface area (Å²) in [5.41, 5.74) is 0.844. The molecule has 0 radical (unpaired) electrons. The molecule has 118 valence electrons. The van der Waals surface area contributed by atoms with Gasteiger partial charge in [-0.3, -0.25) is 4.79 Å². The van der Waals surface area contributed by atoms with Crippen molar-refractivity contribution in [1.29, 1.82) is 0 Å². The van der Waals surface area contributed by atoms with Crippen molar-refractivity contribution >= 4 is 68.2 Å². The van der Waals surface area contributed by atoms with Gasteiger partial charge in [-0.1, -0.05) is 35.0 Å². The van der Waals surface area contributed by atoms with Crippen molar-refractivity contribution < 1.29 is 4.79 Å². The van der Waals surface area contributed by atoms with Gasteiger partial charge in [-0.2, -0.15) is 0 Å². The van der Waals surface area contributed by atoms with E-state index in [1.807, 2.05) is 25.1 Å². The molecule has 0 saturated heterocycles. The number of nitrogens with zero attached hydrogens (tertiary/aromatic N) is 2. The topological polar surface area (TPSA) is 54.9 Å². The Morgan fingerprint density at radius 3 is 2.78 bits per heavy atom. The maximum atomic E-state index is 12.2. The van der Waals surface area contributed by atoms with Crippen LogP contribution in [0.4, 0.5) is 5.82 Å². The summed E-state index contributed by atoms with van der Waals surface area (Å²) < 4.78 is 1.87. The summed E-state index contributed by atoms with van der Waals surface area (Å²) in [6.07, 6.45) is 1.49. The molecule has 0 bridgehead atoms. The number of fused-ring (bicyclic) bond motifs is 1. The Hall–Kier alpha value is -1.34. The van der Waals surface area contributed by atoms with Gasteiger partial charge in [-0.15, -0.1) is 11.3 Å². The number of pyridine rings is 1. The Morgan fingerprint density at radius 2 is 2.04 bits per heavy atom. The molecule has 23 heavy (non-hydrogen) atoms. The van der Waals surface area contributed by atoms with Crippen molar-refractivity contribution in [3.8, 4) is 0 Å². The van der Waals surface area contributed by atoms with Crippen molar-refractivity contribution in [2.24, 2.45) is 0 Å². The maximum Gasteiger partial charge on any atom is 0.238 e. The molecule has 3 rings (SSSR count). The van der Waals surface area contributed by atoms with E-state index in [0.717, 1.165) is 14.6 Å². The fourth-order valence-corrected chi connectivity index (χ4v) is 4.28. The molecule has 0 aliphatic rings. The first-order valence-electron chi connectivity index (χ1n) is 6.66. The Kier molecular flexibility index (Phi) is 5.06. The van der Waals surface area contributed by atoms with Gasteiger partial charge in [0.05, 0.1) is 20.5 Å².